The molecule has 0 amide bonds. The molecule has 0 N–H and O–H groups in total. The van der Waals surface area contributed by atoms with Gasteiger partial charge in [-0.3, -0.25) is 4.98 Å². The lowest BCUT2D eigenvalue weighted by Crippen LogP contribution is -2.26. The van der Waals surface area contributed by atoms with Crippen molar-refractivity contribution in [3.8, 4) is 0 Å². The number of nitrogens with zero attached hydrogens (tertiary/aromatic N) is 2. The monoisotopic (exact) mass is 228 g/mol. The Morgan fingerprint density at radius 3 is 2.81 bits per heavy atom. The fourth-order valence-electron chi connectivity index (χ4n) is 1.76. The van der Waals surface area contributed by atoms with E-state index in [1.807, 2.05) is 4.90 Å². The van der Waals surface area contributed by atoms with Crippen molar-refractivity contribution in [1.29, 1.82) is 0 Å². The molecule has 0 fully saturated rings. The summed E-state index contributed by atoms with van der Waals surface area (Å²) >= 11 is 0. The highest BCUT2D eigenvalue weighted by atomic mass is 19.4. The number of hydrogen-bond donors (Lipinski definition) is 0. The Hall–Kier alpha value is -1.52. The number of halogens is 3. The Morgan fingerprint density at radius 1 is 1.44 bits per heavy atom. The third-order valence-corrected chi connectivity index (χ3v) is 2.65. The third-order valence-electron chi connectivity index (χ3n) is 2.65. The molecule has 0 aliphatic carbocycles. The summed E-state index contributed by atoms with van der Waals surface area (Å²) in [5.74, 6) is 0. The summed E-state index contributed by atoms with van der Waals surface area (Å²) in [6.07, 6.45) is -1.11. The van der Waals surface area contributed by atoms with E-state index in [0.29, 0.717) is 18.5 Å². The van der Waals surface area contributed by atoms with Gasteiger partial charge in [0.05, 0.1) is 5.56 Å². The first-order chi connectivity index (χ1) is 7.50. The van der Waals surface area contributed by atoms with Crippen LogP contribution in [-0.4, -0.2) is 16.4 Å². The van der Waals surface area contributed by atoms with Gasteiger partial charge in [-0.25, -0.2) is 0 Å². The molecule has 0 radical (unpaired) electrons. The zero-order valence-corrected chi connectivity index (χ0v) is 8.59. The van der Waals surface area contributed by atoms with Gasteiger partial charge in [-0.15, -0.1) is 0 Å². The van der Waals surface area contributed by atoms with Crippen LogP contribution in [0.1, 0.15) is 16.8 Å². The van der Waals surface area contributed by atoms with Crippen LogP contribution in [0.25, 0.3) is 0 Å². The van der Waals surface area contributed by atoms with Crippen molar-refractivity contribution in [2.75, 3.05) is 6.54 Å². The Bertz CT molecular complexity index is 412. The maximum atomic E-state index is 12.5. The van der Waals surface area contributed by atoms with Gasteiger partial charge in [-0.05, 0) is 17.8 Å². The van der Waals surface area contributed by atoms with Crippen LogP contribution in [0.3, 0.4) is 0 Å². The number of hydrogen-bond acceptors (Lipinski definition) is 2. The number of pyridine rings is 1. The lowest BCUT2D eigenvalue weighted by molar-refractivity contribution is -0.137. The van der Waals surface area contributed by atoms with Crippen molar-refractivity contribution in [3.05, 3.63) is 41.9 Å². The van der Waals surface area contributed by atoms with Crippen molar-refractivity contribution < 1.29 is 13.2 Å². The lowest BCUT2D eigenvalue weighted by atomic mass is 10.0. The van der Waals surface area contributed by atoms with Crippen LogP contribution in [0.5, 0.6) is 0 Å². The summed E-state index contributed by atoms with van der Waals surface area (Å²) in [6.45, 7) is 4.82. The molecule has 16 heavy (non-hydrogen) atoms. The first-order valence-corrected chi connectivity index (χ1v) is 4.92. The van der Waals surface area contributed by atoms with E-state index in [1.165, 1.54) is 6.07 Å². The second kappa shape index (κ2) is 3.81. The van der Waals surface area contributed by atoms with E-state index in [0.717, 1.165) is 18.4 Å². The molecule has 5 heteroatoms. The molecule has 2 heterocycles. The van der Waals surface area contributed by atoms with Gasteiger partial charge in [-0.1, -0.05) is 6.58 Å². The van der Waals surface area contributed by atoms with E-state index in [9.17, 15) is 13.2 Å². The highest BCUT2D eigenvalue weighted by Gasteiger charge is 2.32. The summed E-state index contributed by atoms with van der Waals surface area (Å²) in [5.41, 5.74) is 0.712. The van der Waals surface area contributed by atoms with Crippen molar-refractivity contribution in [1.82, 2.24) is 9.88 Å². The molecule has 0 saturated carbocycles. The van der Waals surface area contributed by atoms with Gasteiger partial charge < -0.3 is 4.90 Å². The summed E-state index contributed by atoms with van der Waals surface area (Å²) in [6, 6.07) is 1.18. The highest BCUT2D eigenvalue weighted by Crippen LogP contribution is 2.30. The predicted octanol–water partition coefficient (Wildman–Crippen LogP) is 2.60. The zero-order chi connectivity index (χ0) is 11.8. The van der Waals surface area contributed by atoms with Crippen LogP contribution in [0.2, 0.25) is 0 Å². The second-order valence-corrected chi connectivity index (χ2v) is 3.73. The molecule has 0 atom stereocenters. The molecule has 2 nitrogen and oxygen atoms in total. The van der Waals surface area contributed by atoms with E-state index in [-0.39, 0.29) is 0 Å². The Balaban J connectivity index is 2.34. The molecular formula is C11H11F3N2. The van der Waals surface area contributed by atoms with E-state index in [2.05, 4.69) is 11.6 Å². The molecule has 1 aliphatic heterocycles. The lowest BCUT2D eigenvalue weighted by Gasteiger charge is -2.27. The summed E-state index contributed by atoms with van der Waals surface area (Å²) in [5, 5.41) is 0. The van der Waals surface area contributed by atoms with Crippen molar-refractivity contribution in [2.24, 2.45) is 0 Å². The molecule has 0 unspecified atom stereocenters. The average Bonchev–Trinajstić information content (AvgIpc) is 2.26. The van der Waals surface area contributed by atoms with Crippen LogP contribution in [0, 0.1) is 0 Å². The zero-order valence-electron chi connectivity index (χ0n) is 8.59. The van der Waals surface area contributed by atoms with Crippen LogP contribution < -0.4 is 0 Å². The van der Waals surface area contributed by atoms with Crippen molar-refractivity contribution in [3.63, 3.8) is 0 Å². The van der Waals surface area contributed by atoms with Gasteiger partial charge in [0, 0.05) is 31.4 Å². The minimum Gasteiger partial charge on any atom is -0.373 e. The molecule has 0 saturated heterocycles. The molecule has 1 aromatic rings. The minimum atomic E-state index is -4.32. The van der Waals surface area contributed by atoms with E-state index in [4.69, 9.17) is 0 Å². The topological polar surface area (TPSA) is 16.1 Å². The quantitative estimate of drug-likeness (QED) is 0.734. The van der Waals surface area contributed by atoms with Gasteiger partial charge in [0.1, 0.15) is 0 Å². The number of fused-ring (bicyclic) bond motifs is 1. The first-order valence-electron chi connectivity index (χ1n) is 4.92. The summed E-state index contributed by atoms with van der Waals surface area (Å²) in [7, 11) is 0. The molecular weight excluding hydrogens is 217 g/mol. The Kier molecular flexibility index (Phi) is 2.61. The van der Waals surface area contributed by atoms with E-state index < -0.39 is 11.7 Å². The molecule has 1 aliphatic rings. The number of aromatic nitrogens is 1. The van der Waals surface area contributed by atoms with Crippen LogP contribution in [0.4, 0.5) is 13.2 Å². The van der Waals surface area contributed by atoms with Gasteiger partial charge in [0.2, 0.25) is 0 Å². The summed E-state index contributed by atoms with van der Waals surface area (Å²) < 4.78 is 37.4. The predicted molar refractivity (Wildman–Crippen MR) is 53.6 cm³/mol. The van der Waals surface area contributed by atoms with E-state index >= 15 is 0 Å². The fourth-order valence-corrected chi connectivity index (χ4v) is 1.76. The SMILES string of the molecule is C=CN1CCc2ncc(C(F)(F)F)cc2C1. The largest absolute Gasteiger partial charge is 0.417 e. The first kappa shape index (κ1) is 11.0. The van der Waals surface area contributed by atoms with Crippen molar-refractivity contribution >= 4 is 0 Å². The average molecular weight is 228 g/mol. The Labute approximate surface area is 91.4 Å². The second-order valence-electron chi connectivity index (χ2n) is 3.73. The molecule has 0 bridgehead atoms. The molecule has 1 aromatic heterocycles. The molecule has 0 spiro atoms. The molecule has 86 valence electrons. The van der Waals surface area contributed by atoms with Crippen LogP contribution in [-0.2, 0) is 19.1 Å². The highest BCUT2D eigenvalue weighted by molar-refractivity contribution is 5.29. The van der Waals surface area contributed by atoms with Gasteiger partial charge in [0.15, 0.2) is 0 Å². The molecule has 0 aromatic carbocycles. The maximum Gasteiger partial charge on any atom is 0.417 e. The molecule has 2 rings (SSSR count). The van der Waals surface area contributed by atoms with Gasteiger partial charge in [-0.2, -0.15) is 13.2 Å². The van der Waals surface area contributed by atoms with Crippen LogP contribution in [0.15, 0.2) is 25.0 Å². The van der Waals surface area contributed by atoms with Crippen LogP contribution >= 0.6 is 0 Å². The standard InChI is InChI=1S/C11H11F3N2/c1-2-16-4-3-10-8(7-16)5-9(6-15-10)11(12,13)14/h2,5-6H,1,3-4,7H2. The van der Waals surface area contributed by atoms with Gasteiger partial charge >= 0.3 is 6.18 Å². The number of rotatable bonds is 1. The van der Waals surface area contributed by atoms with Crippen molar-refractivity contribution in [2.45, 2.75) is 19.1 Å². The smallest absolute Gasteiger partial charge is 0.373 e. The summed E-state index contributed by atoms with van der Waals surface area (Å²) in [4.78, 5) is 5.75. The normalized spacial score (nSPS) is 15.8. The number of alkyl halides is 3. The maximum absolute atomic E-state index is 12.5. The van der Waals surface area contributed by atoms with E-state index in [1.54, 1.807) is 6.20 Å². The minimum absolute atomic E-state index is 0.454. The third kappa shape index (κ3) is 2.03. The van der Waals surface area contributed by atoms with Gasteiger partial charge in [0.25, 0.3) is 0 Å². The fraction of sp³-hybridized carbons (Fsp3) is 0.364. The Morgan fingerprint density at radius 2 is 2.19 bits per heavy atom.